The lowest BCUT2D eigenvalue weighted by Crippen LogP contribution is -2.43. The quantitative estimate of drug-likeness (QED) is 0.643. The van der Waals surface area contributed by atoms with Crippen LogP contribution in [0.15, 0.2) is 30.7 Å². The van der Waals surface area contributed by atoms with E-state index in [1.165, 1.54) is 0 Å². The molecule has 1 fully saturated rings. The molecule has 152 valence electrons. The highest BCUT2D eigenvalue weighted by atomic mass is 35.5. The Labute approximate surface area is 173 Å². The highest BCUT2D eigenvalue weighted by Gasteiger charge is 2.23. The number of methoxy groups -OCH3 is 1. The summed E-state index contributed by atoms with van der Waals surface area (Å²) in [5.41, 5.74) is 1.60. The van der Waals surface area contributed by atoms with E-state index in [0.717, 1.165) is 54.9 Å². The van der Waals surface area contributed by atoms with Gasteiger partial charge in [0, 0.05) is 56.3 Å². The first-order valence-corrected chi connectivity index (χ1v) is 9.98. The number of carbonyl (C=O) groups is 1. The highest BCUT2D eigenvalue weighted by molar-refractivity contribution is 6.31. The Kier molecular flexibility index (Phi) is 5.92. The summed E-state index contributed by atoms with van der Waals surface area (Å²) in [4.78, 5) is 30.4. The average molecular weight is 415 g/mol. The van der Waals surface area contributed by atoms with Crippen LogP contribution >= 0.6 is 11.6 Å². The molecule has 29 heavy (non-hydrogen) atoms. The van der Waals surface area contributed by atoms with Crippen molar-refractivity contribution in [3.63, 3.8) is 0 Å². The summed E-state index contributed by atoms with van der Waals surface area (Å²) < 4.78 is 4.97. The fourth-order valence-corrected chi connectivity index (χ4v) is 3.83. The van der Waals surface area contributed by atoms with Crippen molar-refractivity contribution in [1.82, 2.24) is 24.8 Å². The Balaban J connectivity index is 1.44. The lowest BCUT2D eigenvalue weighted by Gasteiger charge is -2.32. The van der Waals surface area contributed by atoms with Gasteiger partial charge in [-0.05, 0) is 30.9 Å². The smallest absolute Gasteiger partial charge is 0.248 e. The summed E-state index contributed by atoms with van der Waals surface area (Å²) in [6.45, 7) is 2.42. The molecule has 0 radical (unpaired) electrons. The van der Waals surface area contributed by atoms with Crippen LogP contribution in [0.2, 0.25) is 5.02 Å². The first kappa shape index (κ1) is 19.6. The number of nitrogens with zero attached hydrogens (tertiary/aromatic N) is 4. The lowest BCUT2D eigenvalue weighted by atomic mass is 9.98. The fraction of sp³-hybridized carbons (Fsp3) is 0.400. The maximum atomic E-state index is 12.1. The third-order valence-electron chi connectivity index (χ3n) is 5.11. The van der Waals surface area contributed by atoms with E-state index in [1.54, 1.807) is 19.5 Å². The Bertz CT molecular complexity index is 1010. The molecule has 9 heteroatoms. The number of hydrogen-bond acceptors (Lipinski definition) is 6. The summed E-state index contributed by atoms with van der Waals surface area (Å²) in [7, 11) is 1.55. The number of hydrogen-bond donors (Lipinski definition) is 2. The molecule has 0 spiro atoms. The molecule has 3 aromatic heterocycles. The number of halogens is 1. The molecule has 1 saturated heterocycles. The molecule has 1 atom stereocenters. The molecule has 3 aromatic rings. The predicted octanol–water partition coefficient (Wildman–Crippen LogP) is 2.97. The number of amides is 1. The molecule has 0 bridgehead atoms. The molecular formula is C20H23ClN6O2. The van der Waals surface area contributed by atoms with Gasteiger partial charge in [0.2, 0.25) is 5.91 Å². The molecule has 1 unspecified atom stereocenters. The van der Waals surface area contributed by atoms with Gasteiger partial charge in [-0.1, -0.05) is 11.6 Å². The van der Waals surface area contributed by atoms with E-state index in [0.29, 0.717) is 16.8 Å². The maximum Gasteiger partial charge on any atom is 0.248 e. The van der Waals surface area contributed by atoms with Gasteiger partial charge in [0.1, 0.15) is 18.1 Å². The summed E-state index contributed by atoms with van der Waals surface area (Å²) in [5.74, 6) is 1.78. The van der Waals surface area contributed by atoms with E-state index in [-0.39, 0.29) is 12.5 Å². The number of H-pyrrole nitrogens is 1. The van der Waals surface area contributed by atoms with Crippen LogP contribution in [0, 0.1) is 5.92 Å². The standard InChI is InChI=1S/C20H23ClN6O2/c1-29-12-18(28)27-6-2-3-13(11-27)8-23-17-4-5-22-20(26-17)16-10-25-19-15(16)7-14(21)9-24-19/h4-5,7,9-10,13H,2-3,6,8,11-12H2,1H3,(H,24,25)(H,22,23,26). The largest absolute Gasteiger partial charge is 0.375 e. The Morgan fingerprint density at radius 2 is 2.34 bits per heavy atom. The minimum absolute atomic E-state index is 0.0492. The second-order valence-corrected chi connectivity index (χ2v) is 7.62. The van der Waals surface area contributed by atoms with Gasteiger partial charge in [-0.25, -0.2) is 15.0 Å². The Morgan fingerprint density at radius 3 is 3.21 bits per heavy atom. The molecule has 2 N–H and O–H groups in total. The minimum atomic E-state index is 0.0492. The van der Waals surface area contributed by atoms with E-state index in [1.807, 2.05) is 23.2 Å². The van der Waals surface area contributed by atoms with Crippen molar-refractivity contribution in [3.05, 3.63) is 35.7 Å². The number of nitrogens with one attached hydrogen (secondary N) is 2. The van der Waals surface area contributed by atoms with Gasteiger partial charge in [0.15, 0.2) is 5.82 Å². The number of aromatic nitrogens is 4. The van der Waals surface area contributed by atoms with Crippen molar-refractivity contribution in [2.75, 3.05) is 38.7 Å². The number of carbonyl (C=O) groups excluding carboxylic acids is 1. The molecule has 0 aromatic carbocycles. The SMILES string of the molecule is COCC(=O)N1CCCC(CNc2ccnc(-c3c[nH]c4ncc(Cl)cc34)n2)C1. The molecule has 0 saturated carbocycles. The second kappa shape index (κ2) is 8.75. The number of pyridine rings is 1. The number of aromatic amines is 1. The molecule has 1 aliphatic rings. The molecule has 1 aliphatic heterocycles. The molecule has 1 amide bonds. The number of likely N-dealkylation sites (tertiary alicyclic amines) is 1. The molecular weight excluding hydrogens is 392 g/mol. The number of piperidine rings is 1. The summed E-state index contributed by atoms with van der Waals surface area (Å²) in [6.07, 6.45) is 7.26. The Morgan fingerprint density at radius 1 is 1.45 bits per heavy atom. The summed E-state index contributed by atoms with van der Waals surface area (Å²) in [5, 5.41) is 4.85. The van der Waals surface area contributed by atoms with Crippen molar-refractivity contribution >= 4 is 34.4 Å². The van der Waals surface area contributed by atoms with Crippen LogP contribution in [-0.4, -0.2) is 64.1 Å². The van der Waals surface area contributed by atoms with Crippen LogP contribution in [0.1, 0.15) is 12.8 Å². The lowest BCUT2D eigenvalue weighted by molar-refractivity contribution is -0.136. The van der Waals surface area contributed by atoms with Crippen LogP contribution in [0.4, 0.5) is 5.82 Å². The molecule has 4 rings (SSSR count). The van der Waals surface area contributed by atoms with Crippen molar-refractivity contribution in [2.24, 2.45) is 5.92 Å². The van der Waals surface area contributed by atoms with Crippen LogP contribution in [-0.2, 0) is 9.53 Å². The van der Waals surface area contributed by atoms with Crippen LogP contribution in [0.25, 0.3) is 22.4 Å². The van der Waals surface area contributed by atoms with Gasteiger partial charge in [-0.2, -0.15) is 0 Å². The summed E-state index contributed by atoms with van der Waals surface area (Å²) in [6, 6.07) is 3.70. The number of ether oxygens (including phenoxy) is 1. The van der Waals surface area contributed by atoms with Gasteiger partial charge in [-0.15, -0.1) is 0 Å². The normalized spacial score (nSPS) is 16.9. The summed E-state index contributed by atoms with van der Waals surface area (Å²) >= 11 is 6.09. The van der Waals surface area contributed by atoms with Crippen LogP contribution < -0.4 is 5.32 Å². The fourth-order valence-electron chi connectivity index (χ4n) is 3.67. The van der Waals surface area contributed by atoms with E-state index >= 15 is 0 Å². The molecule has 4 heterocycles. The van der Waals surface area contributed by atoms with E-state index in [9.17, 15) is 4.79 Å². The second-order valence-electron chi connectivity index (χ2n) is 7.18. The highest BCUT2D eigenvalue weighted by Crippen LogP contribution is 2.27. The van der Waals surface area contributed by atoms with Crippen molar-refractivity contribution in [1.29, 1.82) is 0 Å². The average Bonchev–Trinajstić information content (AvgIpc) is 3.16. The zero-order valence-corrected chi connectivity index (χ0v) is 16.9. The van der Waals surface area contributed by atoms with Gasteiger partial charge in [0.25, 0.3) is 0 Å². The first-order valence-electron chi connectivity index (χ1n) is 9.60. The van der Waals surface area contributed by atoms with Crippen LogP contribution in [0.5, 0.6) is 0 Å². The van der Waals surface area contributed by atoms with Crippen molar-refractivity contribution in [2.45, 2.75) is 12.8 Å². The van der Waals surface area contributed by atoms with Crippen molar-refractivity contribution < 1.29 is 9.53 Å². The zero-order chi connectivity index (χ0) is 20.2. The topological polar surface area (TPSA) is 96.0 Å². The Hall–Kier alpha value is -2.71. The third-order valence-corrected chi connectivity index (χ3v) is 5.31. The van der Waals surface area contributed by atoms with E-state index in [4.69, 9.17) is 16.3 Å². The minimum Gasteiger partial charge on any atom is -0.375 e. The zero-order valence-electron chi connectivity index (χ0n) is 16.2. The number of anilines is 1. The number of fused-ring (bicyclic) bond motifs is 1. The van der Waals surface area contributed by atoms with Gasteiger partial charge in [-0.3, -0.25) is 4.79 Å². The monoisotopic (exact) mass is 414 g/mol. The van der Waals surface area contributed by atoms with Gasteiger partial charge < -0.3 is 19.9 Å². The maximum absolute atomic E-state index is 12.1. The first-order chi connectivity index (χ1) is 14.1. The third kappa shape index (κ3) is 4.49. The van der Waals surface area contributed by atoms with Crippen LogP contribution in [0.3, 0.4) is 0 Å². The van der Waals surface area contributed by atoms with E-state index < -0.39 is 0 Å². The van der Waals surface area contributed by atoms with Gasteiger partial charge in [0.05, 0.1) is 5.02 Å². The molecule has 0 aliphatic carbocycles. The predicted molar refractivity (Wildman–Crippen MR) is 112 cm³/mol. The number of rotatable bonds is 6. The van der Waals surface area contributed by atoms with Crippen molar-refractivity contribution in [3.8, 4) is 11.4 Å². The van der Waals surface area contributed by atoms with Gasteiger partial charge >= 0.3 is 0 Å². The van der Waals surface area contributed by atoms with E-state index in [2.05, 4.69) is 25.3 Å². The molecule has 8 nitrogen and oxygen atoms in total.